The van der Waals surface area contributed by atoms with Crippen molar-refractivity contribution in [3.63, 3.8) is 0 Å². The third kappa shape index (κ3) is 3.77. The summed E-state index contributed by atoms with van der Waals surface area (Å²) in [6.07, 6.45) is 0. The average Bonchev–Trinajstić information content (AvgIpc) is 2.46. The summed E-state index contributed by atoms with van der Waals surface area (Å²) < 4.78 is 5.94. The summed E-state index contributed by atoms with van der Waals surface area (Å²) in [5.74, 6) is 1.22. The number of benzene rings is 2. The fraction of sp³-hybridized carbons (Fsp3) is 0.294. The Kier molecular flexibility index (Phi) is 5.50. The number of hydrogen-bond donors (Lipinski definition) is 0. The minimum absolute atomic E-state index is 0.340. The van der Waals surface area contributed by atoms with Crippen molar-refractivity contribution in [2.75, 3.05) is 11.9 Å². The van der Waals surface area contributed by atoms with Crippen LogP contribution in [0.3, 0.4) is 0 Å². The van der Waals surface area contributed by atoms with E-state index in [4.69, 9.17) is 16.3 Å². The van der Waals surface area contributed by atoms with Crippen LogP contribution in [0.2, 0.25) is 5.02 Å². The van der Waals surface area contributed by atoms with E-state index in [1.54, 1.807) is 0 Å². The first-order valence-corrected chi connectivity index (χ1v) is 8.12. The summed E-state index contributed by atoms with van der Waals surface area (Å²) in [7, 11) is 0. The van der Waals surface area contributed by atoms with E-state index in [1.165, 1.54) is 5.56 Å². The standard InChI is InChI=1S/C17H18BrClO/c1-12-8-16(9-13(2)17(12)19)20-11-15(10-18)14-6-4-3-5-7-14/h3-9,15H,10-11H2,1-2H3. The Morgan fingerprint density at radius 2 is 1.70 bits per heavy atom. The van der Waals surface area contributed by atoms with Gasteiger partial charge in [0.2, 0.25) is 0 Å². The van der Waals surface area contributed by atoms with E-state index in [2.05, 4.69) is 40.2 Å². The fourth-order valence-corrected chi connectivity index (χ4v) is 2.81. The molecule has 3 heteroatoms. The molecule has 0 aliphatic heterocycles. The lowest BCUT2D eigenvalue weighted by molar-refractivity contribution is 0.298. The van der Waals surface area contributed by atoms with E-state index in [9.17, 15) is 0 Å². The molecule has 0 aromatic heterocycles. The molecule has 0 N–H and O–H groups in total. The zero-order chi connectivity index (χ0) is 14.5. The molecule has 0 amide bonds. The Hall–Kier alpha value is -0.990. The molecule has 1 unspecified atom stereocenters. The van der Waals surface area contributed by atoms with Crippen LogP contribution in [0.4, 0.5) is 0 Å². The number of aryl methyl sites for hydroxylation is 2. The molecule has 1 nitrogen and oxygen atoms in total. The SMILES string of the molecule is Cc1cc(OCC(CBr)c2ccccc2)cc(C)c1Cl. The van der Waals surface area contributed by atoms with Crippen LogP contribution in [0.5, 0.6) is 5.75 Å². The molecule has 0 saturated heterocycles. The summed E-state index contributed by atoms with van der Waals surface area (Å²) in [6.45, 7) is 4.65. The molecule has 1 atom stereocenters. The van der Waals surface area contributed by atoms with Crippen molar-refractivity contribution in [1.29, 1.82) is 0 Å². The molecule has 0 saturated carbocycles. The van der Waals surface area contributed by atoms with Crippen molar-refractivity contribution in [3.8, 4) is 5.75 Å². The van der Waals surface area contributed by atoms with Crippen molar-refractivity contribution in [3.05, 3.63) is 64.2 Å². The normalized spacial score (nSPS) is 12.2. The Morgan fingerprint density at radius 1 is 1.10 bits per heavy atom. The summed E-state index contributed by atoms with van der Waals surface area (Å²) >= 11 is 9.74. The monoisotopic (exact) mass is 352 g/mol. The Morgan fingerprint density at radius 3 is 2.25 bits per heavy atom. The van der Waals surface area contributed by atoms with Gasteiger partial charge in [0, 0.05) is 16.3 Å². The molecule has 0 aliphatic rings. The topological polar surface area (TPSA) is 9.23 Å². The summed E-state index contributed by atoms with van der Waals surface area (Å²) in [4.78, 5) is 0. The van der Waals surface area contributed by atoms with Crippen LogP contribution in [0.1, 0.15) is 22.6 Å². The lowest BCUT2D eigenvalue weighted by Crippen LogP contribution is -2.11. The van der Waals surface area contributed by atoms with Gasteiger partial charge >= 0.3 is 0 Å². The van der Waals surface area contributed by atoms with E-state index >= 15 is 0 Å². The van der Waals surface area contributed by atoms with Gasteiger partial charge in [-0.1, -0.05) is 57.9 Å². The first kappa shape index (κ1) is 15.4. The van der Waals surface area contributed by atoms with Crippen molar-refractivity contribution >= 4 is 27.5 Å². The molecule has 106 valence electrons. The summed E-state index contributed by atoms with van der Waals surface area (Å²) in [5, 5.41) is 1.69. The number of halogens is 2. The van der Waals surface area contributed by atoms with Gasteiger partial charge in [-0.3, -0.25) is 0 Å². The molecule has 0 bridgehead atoms. The highest BCUT2D eigenvalue weighted by molar-refractivity contribution is 9.09. The van der Waals surface area contributed by atoms with Gasteiger partial charge in [0.15, 0.2) is 0 Å². The molecule has 2 aromatic rings. The van der Waals surface area contributed by atoms with E-state index in [0.717, 1.165) is 27.2 Å². The van der Waals surface area contributed by atoms with Crippen LogP contribution < -0.4 is 4.74 Å². The fourth-order valence-electron chi connectivity index (χ4n) is 2.14. The van der Waals surface area contributed by atoms with Gasteiger partial charge in [-0.2, -0.15) is 0 Å². The van der Waals surface area contributed by atoms with Gasteiger partial charge in [-0.15, -0.1) is 0 Å². The van der Waals surface area contributed by atoms with Crippen molar-refractivity contribution < 1.29 is 4.74 Å². The van der Waals surface area contributed by atoms with Gasteiger partial charge in [0.25, 0.3) is 0 Å². The molecule has 2 aromatic carbocycles. The van der Waals surface area contributed by atoms with Crippen molar-refractivity contribution in [1.82, 2.24) is 0 Å². The van der Waals surface area contributed by atoms with E-state index in [1.807, 2.05) is 32.0 Å². The molecular weight excluding hydrogens is 336 g/mol. The van der Waals surface area contributed by atoms with Crippen LogP contribution in [0.25, 0.3) is 0 Å². The number of hydrogen-bond acceptors (Lipinski definition) is 1. The zero-order valence-corrected chi connectivity index (χ0v) is 14.0. The number of ether oxygens (including phenoxy) is 1. The van der Waals surface area contributed by atoms with Crippen LogP contribution in [0, 0.1) is 13.8 Å². The first-order valence-electron chi connectivity index (χ1n) is 6.62. The molecular formula is C17H18BrClO. The van der Waals surface area contributed by atoms with Crippen molar-refractivity contribution in [2.45, 2.75) is 19.8 Å². The van der Waals surface area contributed by atoms with Crippen LogP contribution in [-0.4, -0.2) is 11.9 Å². The second-order valence-corrected chi connectivity index (χ2v) is 5.97. The third-order valence-electron chi connectivity index (χ3n) is 3.32. The molecule has 0 heterocycles. The maximum absolute atomic E-state index is 6.17. The maximum Gasteiger partial charge on any atom is 0.119 e. The van der Waals surface area contributed by atoms with Gasteiger partial charge in [-0.25, -0.2) is 0 Å². The van der Waals surface area contributed by atoms with Crippen LogP contribution in [-0.2, 0) is 0 Å². The van der Waals surface area contributed by atoms with E-state index < -0.39 is 0 Å². The highest BCUT2D eigenvalue weighted by Gasteiger charge is 2.11. The van der Waals surface area contributed by atoms with Gasteiger partial charge < -0.3 is 4.74 Å². The average molecular weight is 354 g/mol. The number of alkyl halides is 1. The van der Waals surface area contributed by atoms with Crippen LogP contribution in [0.15, 0.2) is 42.5 Å². The highest BCUT2D eigenvalue weighted by Crippen LogP contribution is 2.27. The quantitative estimate of drug-likeness (QED) is 0.644. The summed E-state index contributed by atoms with van der Waals surface area (Å²) in [6, 6.07) is 14.4. The lowest BCUT2D eigenvalue weighted by atomic mass is 10.0. The van der Waals surface area contributed by atoms with Gasteiger partial charge in [-0.05, 0) is 42.7 Å². The third-order valence-corrected chi connectivity index (χ3v) is 4.70. The molecule has 0 radical (unpaired) electrons. The van der Waals surface area contributed by atoms with Gasteiger partial charge in [0.05, 0.1) is 6.61 Å². The lowest BCUT2D eigenvalue weighted by Gasteiger charge is -2.16. The predicted octanol–water partition coefficient (Wildman–Crippen LogP) is 5.51. The summed E-state index contributed by atoms with van der Waals surface area (Å²) in [5.41, 5.74) is 3.39. The Bertz CT molecular complexity index is 545. The second-order valence-electron chi connectivity index (χ2n) is 4.94. The minimum Gasteiger partial charge on any atom is -0.493 e. The molecule has 2 rings (SSSR count). The Labute approximate surface area is 134 Å². The largest absolute Gasteiger partial charge is 0.493 e. The van der Waals surface area contributed by atoms with E-state index in [0.29, 0.717) is 12.5 Å². The second kappa shape index (κ2) is 7.14. The first-order chi connectivity index (χ1) is 9.61. The predicted molar refractivity (Wildman–Crippen MR) is 89.4 cm³/mol. The Balaban J connectivity index is 2.07. The molecule has 0 spiro atoms. The maximum atomic E-state index is 6.17. The van der Waals surface area contributed by atoms with Crippen LogP contribution >= 0.6 is 27.5 Å². The minimum atomic E-state index is 0.340. The van der Waals surface area contributed by atoms with Gasteiger partial charge in [0.1, 0.15) is 5.75 Å². The smallest absolute Gasteiger partial charge is 0.119 e. The number of rotatable bonds is 5. The highest BCUT2D eigenvalue weighted by atomic mass is 79.9. The molecule has 20 heavy (non-hydrogen) atoms. The zero-order valence-electron chi connectivity index (χ0n) is 11.7. The van der Waals surface area contributed by atoms with E-state index in [-0.39, 0.29) is 0 Å². The van der Waals surface area contributed by atoms with Crippen molar-refractivity contribution in [2.24, 2.45) is 0 Å². The molecule has 0 fully saturated rings. The molecule has 0 aliphatic carbocycles.